The van der Waals surface area contributed by atoms with E-state index in [-0.39, 0.29) is 12.2 Å². The van der Waals surface area contributed by atoms with Crippen LogP contribution in [0, 0.1) is 0 Å². The third kappa shape index (κ3) is 2.80. The first-order valence-electron chi connectivity index (χ1n) is 8.54. The van der Waals surface area contributed by atoms with Crippen LogP contribution in [0.1, 0.15) is 13.8 Å². The molecule has 2 fully saturated rings. The monoisotopic (exact) mass is 332 g/mol. The molecule has 2 aliphatic rings. The molecule has 2 aliphatic heterocycles. The number of hydrogen-bond donors (Lipinski definition) is 0. The second kappa shape index (κ2) is 6.18. The predicted molar refractivity (Wildman–Crippen MR) is 91.6 cm³/mol. The molecule has 0 unspecified atom stereocenters. The van der Waals surface area contributed by atoms with Crippen molar-refractivity contribution in [3.05, 3.63) is 6.20 Å². The van der Waals surface area contributed by atoms with E-state index in [4.69, 9.17) is 19.4 Å². The molecule has 0 aliphatic carbocycles. The second-order valence-corrected chi connectivity index (χ2v) is 6.61. The van der Waals surface area contributed by atoms with Gasteiger partial charge < -0.3 is 19.3 Å². The largest absolute Gasteiger partial charge is 0.378 e. The first-order valence-corrected chi connectivity index (χ1v) is 8.54. The molecule has 0 spiro atoms. The average Bonchev–Trinajstić information content (AvgIpc) is 2.95. The van der Waals surface area contributed by atoms with Crippen molar-refractivity contribution in [2.75, 3.05) is 49.2 Å². The molecule has 24 heavy (non-hydrogen) atoms. The number of aromatic nitrogens is 4. The Kier molecular flexibility index (Phi) is 4.01. The Balaban J connectivity index is 1.77. The predicted octanol–water partition coefficient (Wildman–Crippen LogP) is 0.813. The maximum Gasteiger partial charge on any atom is 0.229 e. The van der Waals surface area contributed by atoms with Gasteiger partial charge in [0.2, 0.25) is 5.95 Å². The summed E-state index contributed by atoms with van der Waals surface area (Å²) in [6, 6.07) is 0. The van der Waals surface area contributed by atoms with Crippen molar-refractivity contribution < 1.29 is 9.47 Å². The minimum absolute atomic E-state index is 0.173. The lowest BCUT2D eigenvalue weighted by Gasteiger charge is -2.36. The Morgan fingerprint density at radius 1 is 1.04 bits per heavy atom. The number of rotatable bonds is 2. The van der Waals surface area contributed by atoms with Gasteiger partial charge in [-0.05, 0) is 13.8 Å². The highest BCUT2D eigenvalue weighted by atomic mass is 16.5. The number of nitrogens with zero attached hydrogens (tertiary/aromatic N) is 6. The number of ether oxygens (including phenoxy) is 2. The maximum atomic E-state index is 5.84. The summed E-state index contributed by atoms with van der Waals surface area (Å²) in [6.07, 6.45) is 2.20. The third-order valence-corrected chi connectivity index (χ3v) is 4.57. The van der Waals surface area contributed by atoms with E-state index in [0.717, 1.165) is 62.2 Å². The van der Waals surface area contributed by atoms with E-state index in [2.05, 4.69) is 28.7 Å². The van der Waals surface area contributed by atoms with E-state index in [0.29, 0.717) is 0 Å². The maximum absolute atomic E-state index is 5.84. The lowest BCUT2D eigenvalue weighted by Crippen LogP contribution is -2.46. The van der Waals surface area contributed by atoms with Gasteiger partial charge in [-0.15, -0.1) is 0 Å². The Labute approximate surface area is 141 Å². The van der Waals surface area contributed by atoms with Gasteiger partial charge in [-0.3, -0.25) is 4.68 Å². The first-order chi connectivity index (χ1) is 11.6. The quantitative estimate of drug-likeness (QED) is 0.806. The topological polar surface area (TPSA) is 68.5 Å². The van der Waals surface area contributed by atoms with E-state index < -0.39 is 0 Å². The van der Waals surface area contributed by atoms with Gasteiger partial charge in [-0.25, -0.2) is 0 Å². The van der Waals surface area contributed by atoms with E-state index in [9.17, 15) is 0 Å². The van der Waals surface area contributed by atoms with Crippen LogP contribution >= 0.6 is 0 Å². The van der Waals surface area contributed by atoms with E-state index in [1.807, 2.05) is 17.9 Å². The van der Waals surface area contributed by atoms with Gasteiger partial charge in [-0.1, -0.05) is 0 Å². The summed E-state index contributed by atoms with van der Waals surface area (Å²) in [7, 11) is 1.92. The number of morpholine rings is 2. The Morgan fingerprint density at radius 3 is 2.46 bits per heavy atom. The highest BCUT2D eigenvalue weighted by Gasteiger charge is 2.27. The standard InChI is InChI=1S/C16H24N6O2/c1-11-9-22(10-12(2)24-11)16-18-14-13(8-17-20(14)3)15(19-16)21-4-6-23-7-5-21/h8,11-12H,4-7,9-10H2,1-3H3/t11-,12-/m1/s1. The Bertz CT molecular complexity index is 717. The van der Waals surface area contributed by atoms with E-state index in [1.165, 1.54) is 0 Å². The van der Waals surface area contributed by atoms with Gasteiger partial charge in [0.1, 0.15) is 5.82 Å². The van der Waals surface area contributed by atoms with Crippen molar-refractivity contribution in [1.29, 1.82) is 0 Å². The minimum atomic E-state index is 0.173. The zero-order valence-corrected chi connectivity index (χ0v) is 14.5. The van der Waals surface area contributed by atoms with E-state index >= 15 is 0 Å². The summed E-state index contributed by atoms with van der Waals surface area (Å²) in [5.41, 5.74) is 0.869. The van der Waals surface area contributed by atoms with Crippen molar-refractivity contribution >= 4 is 22.8 Å². The first kappa shape index (κ1) is 15.6. The van der Waals surface area contributed by atoms with Crippen molar-refractivity contribution in [2.24, 2.45) is 7.05 Å². The van der Waals surface area contributed by atoms with Crippen LogP contribution in [0.25, 0.3) is 11.0 Å². The summed E-state index contributed by atoms with van der Waals surface area (Å²) in [4.78, 5) is 14.2. The van der Waals surface area contributed by atoms with Crippen LogP contribution in [0.3, 0.4) is 0 Å². The molecule has 0 bridgehead atoms. The van der Waals surface area contributed by atoms with Gasteiger partial charge in [0.25, 0.3) is 0 Å². The molecule has 4 heterocycles. The molecule has 0 aromatic carbocycles. The summed E-state index contributed by atoms with van der Waals surface area (Å²) in [5, 5.41) is 5.38. The molecule has 2 aromatic heterocycles. The lowest BCUT2D eigenvalue weighted by atomic mass is 10.2. The molecule has 130 valence electrons. The van der Waals surface area contributed by atoms with Gasteiger partial charge >= 0.3 is 0 Å². The second-order valence-electron chi connectivity index (χ2n) is 6.61. The molecule has 2 atom stereocenters. The Morgan fingerprint density at radius 2 is 1.75 bits per heavy atom. The number of aryl methyl sites for hydroxylation is 1. The van der Waals surface area contributed by atoms with Gasteiger partial charge in [-0.2, -0.15) is 15.1 Å². The molecular formula is C16H24N6O2. The number of anilines is 2. The summed E-state index contributed by atoms with van der Waals surface area (Å²) in [5.74, 6) is 1.72. The number of fused-ring (bicyclic) bond motifs is 1. The summed E-state index contributed by atoms with van der Waals surface area (Å²) >= 11 is 0. The van der Waals surface area contributed by atoms with Gasteiger partial charge in [0.15, 0.2) is 5.65 Å². The molecule has 0 radical (unpaired) electrons. The van der Waals surface area contributed by atoms with Crippen LogP contribution in [0.15, 0.2) is 6.20 Å². The van der Waals surface area contributed by atoms with E-state index in [1.54, 1.807) is 0 Å². The Hall–Kier alpha value is -1.93. The fraction of sp³-hybridized carbons (Fsp3) is 0.688. The number of hydrogen-bond acceptors (Lipinski definition) is 7. The highest BCUT2D eigenvalue weighted by molar-refractivity contribution is 5.88. The molecule has 8 heteroatoms. The van der Waals surface area contributed by atoms with Crippen molar-refractivity contribution in [3.63, 3.8) is 0 Å². The van der Waals surface area contributed by atoms with Crippen molar-refractivity contribution in [1.82, 2.24) is 19.7 Å². The minimum Gasteiger partial charge on any atom is -0.378 e. The molecule has 0 saturated carbocycles. The molecule has 2 saturated heterocycles. The summed E-state index contributed by atoms with van der Waals surface area (Å²) < 4.78 is 13.1. The molecule has 2 aromatic rings. The van der Waals surface area contributed by atoms with Crippen molar-refractivity contribution in [3.8, 4) is 0 Å². The van der Waals surface area contributed by atoms with Crippen LogP contribution in [0.4, 0.5) is 11.8 Å². The molecule has 4 rings (SSSR count). The van der Waals surface area contributed by atoms with Crippen molar-refractivity contribution in [2.45, 2.75) is 26.1 Å². The zero-order valence-electron chi connectivity index (χ0n) is 14.5. The summed E-state index contributed by atoms with van der Waals surface area (Å²) in [6.45, 7) is 8.93. The SMILES string of the molecule is C[C@@H]1CN(c2nc(N3CCOCC3)c3cnn(C)c3n2)C[C@@H](C)O1. The van der Waals surface area contributed by atoms with Crippen LogP contribution in [-0.4, -0.2) is 71.3 Å². The molecule has 0 amide bonds. The highest BCUT2D eigenvalue weighted by Crippen LogP contribution is 2.28. The molecule has 8 nitrogen and oxygen atoms in total. The van der Waals surface area contributed by atoms with Gasteiger partial charge in [0.05, 0.1) is 37.0 Å². The fourth-order valence-corrected chi connectivity index (χ4v) is 3.49. The fourth-order valence-electron chi connectivity index (χ4n) is 3.49. The van der Waals surface area contributed by atoms with Crippen LogP contribution < -0.4 is 9.80 Å². The smallest absolute Gasteiger partial charge is 0.229 e. The molecular weight excluding hydrogens is 308 g/mol. The van der Waals surface area contributed by atoms with Crippen LogP contribution in [-0.2, 0) is 16.5 Å². The zero-order chi connectivity index (χ0) is 16.7. The lowest BCUT2D eigenvalue weighted by molar-refractivity contribution is -0.00570. The normalized spacial score (nSPS) is 25.5. The third-order valence-electron chi connectivity index (χ3n) is 4.57. The van der Waals surface area contributed by atoms with Gasteiger partial charge in [0, 0.05) is 33.2 Å². The molecule has 0 N–H and O–H groups in total. The van der Waals surface area contributed by atoms with Crippen LogP contribution in [0.2, 0.25) is 0 Å². The van der Waals surface area contributed by atoms with Crippen LogP contribution in [0.5, 0.6) is 0 Å². The average molecular weight is 332 g/mol.